The van der Waals surface area contributed by atoms with Crippen molar-refractivity contribution in [1.82, 2.24) is 5.32 Å². The van der Waals surface area contributed by atoms with Crippen molar-refractivity contribution in [2.45, 2.75) is 44.8 Å². The van der Waals surface area contributed by atoms with Crippen LogP contribution in [0.1, 0.15) is 33.1 Å². The lowest BCUT2D eigenvalue weighted by atomic mass is 9.95. The molecular formula is C9H19NO. The summed E-state index contributed by atoms with van der Waals surface area (Å²) >= 11 is 0. The van der Waals surface area contributed by atoms with E-state index in [1.165, 1.54) is 19.3 Å². The molecule has 0 radical (unpaired) electrons. The molecule has 0 aromatic carbocycles. The van der Waals surface area contributed by atoms with E-state index in [2.05, 4.69) is 19.2 Å². The van der Waals surface area contributed by atoms with Gasteiger partial charge in [0.25, 0.3) is 0 Å². The second-order valence-electron chi connectivity index (χ2n) is 3.96. The van der Waals surface area contributed by atoms with E-state index in [0.29, 0.717) is 6.10 Å². The minimum atomic E-state index is 0.0137. The Labute approximate surface area is 69.3 Å². The third-order valence-corrected chi connectivity index (χ3v) is 2.14. The van der Waals surface area contributed by atoms with Crippen molar-refractivity contribution in [3.05, 3.63) is 0 Å². The number of likely N-dealkylation sites (N-methyl/N-ethyl adjacent to an activating group) is 1. The zero-order valence-electron chi connectivity index (χ0n) is 7.81. The fourth-order valence-corrected chi connectivity index (χ4v) is 1.41. The van der Waals surface area contributed by atoms with E-state index in [-0.39, 0.29) is 5.60 Å². The maximum atomic E-state index is 5.85. The van der Waals surface area contributed by atoms with Crippen molar-refractivity contribution in [2.24, 2.45) is 0 Å². The summed E-state index contributed by atoms with van der Waals surface area (Å²) in [5, 5.41) is 3.14. The summed E-state index contributed by atoms with van der Waals surface area (Å²) in [6.45, 7) is 5.22. The Morgan fingerprint density at radius 1 is 1.45 bits per heavy atom. The second kappa shape index (κ2) is 3.55. The maximum Gasteiger partial charge on any atom is 0.0753 e. The van der Waals surface area contributed by atoms with Crippen LogP contribution in [0.25, 0.3) is 0 Å². The van der Waals surface area contributed by atoms with Crippen molar-refractivity contribution in [3.63, 3.8) is 0 Å². The molecule has 0 bridgehead atoms. The van der Waals surface area contributed by atoms with E-state index in [0.717, 1.165) is 6.54 Å². The van der Waals surface area contributed by atoms with Gasteiger partial charge in [0.1, 0.15) is 0 Å². The van der Waals surface area contributed by atoms with Crippen LogP contribution in [0.5, 0.6) is 0 Å². The van der Waals surface area contributed by atoms with Gasteiger partial charge in [0, 0.05) is 6.54 Å². The number of nitrogens with one attached hydrogen (secondary N) is 1. The second-order valence-corrected chi connectivity index (χ2v) is 3.96. The van der Waals surface area contributed by atoms with Crippen molar-refractivity contribution in [2.75, 3.05) is 13.6 Å². The Morgan fingerprint density at radius 2 is 2.09 bits per heavy atom. The van der Waals surface area contributed by atoms with Crippen LogP contribution in [0.3, 0.4) is 0 Å². The van der Waals surface area contributed by atoms with Gasteiger partial charge in [-0.05, 0) is 40.2 Å². The molecule has 0 spiro atoms. The van der Waals surface area contributed by atoms with E-state index >= 15 is 0 Å². The molecule has 0 atom stereocenters. The minimum absolute atomic E-state index is 0.0137. The molecule has 1 aliphatic rings. The molecule has 1 saturated carbocycles. The summed E-state index contributed by atoms with van der Waals surface area (Å²) in [6.07, 6.45) is 4.40. The summed E-state index contributed by atoms with van der Waals surface area (Å²) < 4.78 is 5.85. The lowest BCUT2D eigenvalue weighted by molar-refractivity contribution is -0.0993. The molecule has 0 aliphatic heterocycles. The molecule has 0 amide bonds. The number of rotatable bonds is 4. The first-order chi connectivity index (χ1) is 5.14. The zero-order valence-corrected chi connectivity index (χ0v) is 7.81. The highest BCUT2D eigenvalue weighted by Gasteiger charge is 2.26. The van der Waals surface area contributed by atoms with Crippen LogP contribution < -0.4 is 5.32 Å². The summed E-state index contributed by atoms with van der Waals surface area (Å²) in [7, 11) is 1.96. The predicted molar refractivity (Wildman–Crippen MR) is 46.7 cm³/mol. The summed E-state index contributed by atoms with van der Waals surface area (Å²) in [5.74, 6) is 0. The van der Waals surface area contributed by atoms with Crippen LogP contribution in [-0.2, 0) is 4.74 Å². The molecule has 2 nitrogen and oxygen atoms in total. The van der Waals surface area contributed by atoms with Crippen LogP contribution in [0.15, 0.2) is 0 Å². The smallest absolute Gasteiger partial charge is 0.0753 e. The third-order valence-electron chi connectivity index (χ3n) is 2.14. The molecule has 0 aromatic rings. The fourth-order valence-electron chi connectivity index (χ4n) is 1.41. The van der Waals surface area contributed by atoms with Crippen LogP contribution in [0, 0.1) is 0 Å². The highest BCUT2D eigenvalue weighted by Crippen LogP contribution is 2.26. The lowest BCUT2D eigenvalue weighted by Crippen LogP contribution is -2.41. The largest absolute Gasteiger partial charge is 0.371 e. The molecule has 0 unspecified atom stereocenters. The normalized spacial score (nSPS) is 19.9. The zero-order chi connectivity index (χ0) is 8.32. The van der Waals surface area contributed by atoms with Gasteiger partial charge < -0.3 is 10.1 Å². The molecule has 1 fully saturated rings. The molecule has 11 heavy (non-hydrogen) atoms. The predicted octanol–water partition coefficient (Wildman–Crippen LogP) is 1.55. The number of hydrogen-bond donors (Lipinski definition) is 1. The molecular weight excluding hydrogens is 138 g/mol. The fraction of sp³-hybridized carbons (Fsp3) is 1.00. The first kappa shape index (κ1) is 9.01. The molecule has 0 aromatic heterocycles. The summed E-state index contributed by atoms with van der Waals surface area (Å²) in [5.41, 5.74) is 0.0137. The van der Waals surface area contributed by atoms with Gasteiger partial charge in [0.05, 0.1) is 11.7 Å². The van der Waals surface area contributed by atoms with E-state index in [4.69, 9.17) is 4.74 Å². The first-order valence-electron chi connectivity index (χ1n) is 4.46. The van der Waals surface area contributed by atoms with Gasteiger partial charge >= 0.3 is 0 Å². The highest BCUT2D eigenvalue weighted by atomic mass is 16.5. The Balaban J connectivity index is 2.20. The first-order valence-corrected chi connectivity index (χ1v) is 4.46. The molecule has 1 rings (SSSR count). The Morgan fingerprint density at radius 3 is 2.45 bits per heavy atom. The highest BCUT2D eigenvalue weighted by molar-refractivity contribution is 4.77. The molecule has 1 aliphatic carbocycles. The Bertz CT molecular complexity index is 119. The van der Waals surface area contributed by atoms with E-state index in [1.54, 1.807) is 0 Å². The van der Waals surface area contributed by atoms with E-state index < -0.39 is 0 Å². The monoisotopic (exact) mass is 157 g/mol. The SMILES string of the molecule is CNCC(C)(C)OC1CCC1. The van der Waals surface area contributed by atoms with Crippen LogP contribution in [0.2, 0.25) is 0 Å². The maximum absolute atomic E-state index is 5.85. The average Bonchev–Trinajstić information content (AvgIpc) is 1.79. The Kier molecular flexibility index (Phi) is 2.90. The summed E-state index contributed by atoms with van der Waals surface area (Å²) in [4.78, 5) is 0. The van der Waals surface area contributed by atoms with Gasteiger partial charge in [0.15, 0.2) is 0 Å². The third kappa shape index (κ3) is 2.80. The van der Waals surface area contributed by atoms with E-state index in [1.807, 2.05) is 7.05 Å². The van der Waals surface area contributed by atoms with Crippen molar-refractivity contribution in [3.8, 4) is 0 Å². The van der Waals surface area contributed by atoms with E-state index in [9.17, 15) is 0 Å². The molecule has 2 heteroatoms. The van der Waals surface area contributed by atoms with Crippen molar-refractivity contribution >= 4 is 0 Å². The van der Waals surface area contributed by atoms with Crippen LogP contribution in [0.4, 0.5) is 0 Å². The molecule has 0 heterocycles. The Hall–Kier alpha value is -0.0800. The quantitative estimate of drug-likeness (QED) is 0.668. The lowest BCUT2D eigenvalue weighted by Gasteiger charge is -2.35. The molecule has 0 saturated heterocycles. The molecule has 66 valence electrons. The average molecular weight is 157 g/mol. The van der Waals surface area contributed by atoms with Crippen molar-refractivity contribution < 1.29 is 4.74 Å². The van der Waals surface area contributed by atoms with Gasteiger partial charge in [0.2, 0.25) is 0 Å². The van der Waals surface area contributed by atoms with Gasteiger partial charge in [-0.2, -0.15) is 0 Å². The van der Waals surface area contributed by atoms with Crippen molar-refractivity contribution in [1.29, 1.82) is 0 Å². The minimum Gasteiger partial charge on any atom is -0.371 e. The van der Waals surface area contributed by atoms with Gasteiger partial charge in [-0.3, -0.25) is 0 Å². The van der Waals surface area contributed by atoms with Crippen LogP contribution >= 0.6 is 0 Å². The van der Waals surface area contributed by atoms with Gasteiger partial charge in [-0.25, -0.2) is 0 Å². The summed E-state index contributed by atoms with van der Waals surface area (Å²) in [6, 6.07) is 0. The molecule has 1 N–H and O–H groups in total. The standard InChI is InChI=1S/C9H19NO/c1-9(2,7-10-3)11-8-5-4-6-8/h8,10H,4-7H2,1-3H3. The van der Waals surface area contributed by atoms with Gasteiger partial charge in [-0.1, -0.05) is 0 Å². The van der Waals surface area contributed by atoms with Crippen LogP contribution in [-0.4, -0.2) is 25.3 Å². The number of hydrogen-bond acceptors (Lipinski definition) is 2. The topological polar surface area (TPSA) is 21.3 Å². The number of ether oxygens (including phenoxy) is 1. The van der Waals surface area contributed by atoms with Gasteiger partial charge in [-0.15, -0.1) is 0 Å².